The average molecular weight is 475 g/mol. The molecule has 0 bridgehead atoms. The van der Waals surface area contributed by atoms with Gasteiger partial charge in [-0.25, -0.2) is 0 Å². The monoisotopic (exact) mass is 474 g/mol. The van der Waals surface area contributed by atoms with Gasteiger partial charge in [-0.1, -0.05) is 80.1 Å². The van der Waals surface area contributed by atoms with Crippen molar-refractivity contribution >= 4 is 23.2 Å². The molecule has 0 nitrogen and oxygen atoms in total. The zero-order valence-electron chi connectivity index (χ0n) is 20.3. The van der Waals surface area contributed by atoms with Gasteiger partial charge in [0.15, 0.2) is 0 Å². The maximum Gasteiger partial charge on any atom is 0.118 e. The maximum atomic E-state index is 2.52. The molecule has 0 spiro atoms. The van der Waals surface area contributed by atoms with Crippen LogP contribution in [0.1, 0.15) is 47.0 Å². The SMILES string of the molecule is CC1=C(C=CC(C)[P+](c2ccccc2)(c2ccccc2)c2ccccc2)C(C)(C)CCC1.[Cl-]. The lowest BCUT2D eigenvalue weighted by molar-refractivity contribution is -0.00000684. The summed E-state index contributed by atoms with van der Waals surface area (Å²) in [5, 5.41) is 4.34. The van der Waals surface area contributed by atoms with E-state index in [1.165, 1.54) is 35.2 Å². The van der Waals surface area contributed by atoms with Crippen molar-refractivity contribution < 1.29 is 12.4 Å². The second kappa shape index (κ2) is 10.9. The number of benzene rings is 3. The summed E-state index contributed by atoms with van der Waals surface area (Å²) < 4.78 is 0. The van der Waals surface area contributed by atoms with Crippen LogP contribution in [0.3, 0.4) is 0 Å². The Morgan fingerprint density at radius 3 is 1.58 bits per heavy atom. The van der Waals surface area contributed by atoms with Crippen LogP contribution >= 0.6 is 7.26 Å². The molecule has 0 fully saturated rings. The summed E-state index contributed by atoms with van der Waals surface area (Å²) in [4.78, 5) is 0. The molecule has 1 unspecified atom stereocenters. The fourth-order valence-corrected chi connectivity index (χ4v) is 10.1. The summed E-state index contributed by atoms with van der Waals surface area (Å²) in [6.07, 6.45) is 8.80. The van der Waals surface area contributed by atoms with Crippen LogP contribution < -0.4 is 28.3 Å². The molecule has 3 aromatic carbocycles. The molecular formula is C31H36ClP. The molecule has 2 heteroatoms. The van der Waals surface area contributed by atoms with E-state index in [2.05, 4.69) is 131 Å². The van der Waals surface area contributed by atoms with E-state index in [1.54, 1.807) is 11.1 Å². The number of hydrogen-bond donors (Lipinski definition) is 0. The molecule has 1 aliphatic carbocycles. The Hall–Kier alpha value is -2.14. The Balaban J connectivity index is 0.00000306. The predicted molar refractivity (Wildman–Crippen MR) is 144 cm³/mol. The third-order valence-corrected chi connectivity index (χ3v) is 11.9. The van der Waals surface area contributed by atoms with E-state index in [9.17, 15) is 0 Å². The van der Waals surface area contributed by atoms with Gasteiger partial charge in [-0.15, -0.1) is 0 Å². The van der Waals surface area contributed by atoms with E-state index in [0.717, 1.165) is 0 Å². The minimum absolute atomic E-state index is 0. The van der Waals surface area contributed by atoms with Crippen molar-refractivity contribution in [3.8, 4) is 0 Å². The third kappa shape index (κ3) is 5.03. The zero-order valence-corrected chi connectivity index (χ0v) is 22.0. The van der Waals surface area contributed by atoms with Gasteiger partial charge in [0, 0.05) is 0 Å². The first-order chi connectivity index (χ1) is 15.5. The van der Waals surface area contributed by atoms with Crippen molar-refractivity contribution in [2.45, 2.75) is 52.6 Å². The number of allylic oxidation sites excluding steroid dienone is 4. The second-order valence-electron chi connectivity index (χ2n) is 9.76. The van der Waals surface area contributed by atoms with E-state index in [-0.39, 0.29) is 17.8 Å². The predicted octanol–water partition coefficient (Wildman–Crippen LogP) is 4.46. The van der Waals surface area contributed by atoms with Crippen molar-refractivity contribution in [1.82, 2.24) is 0 Å². The van der Waals surface area contributed by atoms with Crippen molar-refractivity contribution in [1.29, 1.82) is 0 Å². The highest BCUT2D eigenvalue weighted by molar-refractivity contribution is 7.96. The molecule has 0 radical (unpaired) electrons. The summed E-state index contributed by atoms with van der Waals surface area (Å²) in [5.74, 6) is 0. The smallest absolute Gasteiger partial charge is 0.118 e. The Morgan fingerprint density at radius 2 is 1.18 bits per heavy atom. The van der Waals surface area contributed by atoms with Gasteiger partial charge in [0.05, 0.1) is 5.66 Å². The van der Waals surface area contributed by atoms with Gasteiger partial charge in [0.2, 0.25) is 0 Å². The molecule has 1 atom stereocenters. The fraction of sp³-hybridized carbons (Fsp3) is 0.290. The Labute approximate surface area is 207 Å². The molecule has 0 N–H and O–H groups in total. The fourth-order valence-electron chi connectivity index (χ4n) is 5.52. The summed E-state index contributed by atoms with van der Waals surface area (Å²) in [7, 11) is -1.88. The highest BCUT2D eigenvalue weighted by atomic mass is 35.5. The van der Waals surface area contributed by atoms with Crippen LogP contribution in [0, 0.1) is 5.41 Å². The topological polar surface area (TPSA) is 0 Å². The lowest BCUT2D eigenvalue weighted by atomic mass is 9.72. The number of halogens is 1. The minimum Gasteiger partial charge on any atom is -1.00 e. The van der Waals surface area contributed by atoms with Gasteiger partial charge in [0.25, 0.3) is 0 Å². The molecule has 4 rings (SSSR count). The number of rotatable bonds is 6. The molecule has 172 valence electrons. The molecule has 0 saturated carbocycles. The van der Waals surface area contributed by atoms with E-state index in [0.29, 0.717) is 5.66 Å². The van der Waals surface area contributed by atoms with Crippen LogP contribution in [-0.2, 0) is 0 Å². The van der Waals surface area contributed by atoms with Crippen LogP contribution in [0.15, 0.2) is 114 Å². The van der Waals surface area contributed by atoms with E-state index < -0.39 is 7.26 Å². The summed E-state index contributed by atoms with van der Waals surface area (Å²) >= 11 is 0. The molecule has 33 heavy (non-hydrogen) atoms. The first-order valence-corrected chi connectivity index (χ1v) is 13.8. The zero-order chi connectivity index (χ0) is 22.6. The largest absolute Gasteiger partial charge is 1.00 e. The van der Waals surface area contributed by atoms with Crippen molar-refractivity contribution in [2.24, 2.45) is 5.41 Å². The molecule has 0 aromatic heterocycles. The quantitative estimate of drug-likeness (QED) is 0.463. The van der Waals surface area contributed by atoms with Gasteiger partial charge in [-0.3, -0.25) is 0 Å². The van der Waals surface area contributed by atoms with Crippen molar-refractivity contribution in [3.05, 3.63) is 114 Å². The summed E-state index contributed by atoms with van der Waals surface area (Å²) in [6, 6.07) is 33.6. The molecule has 3 aromatic rings. The van der Waals surface area contributed by atoms with Crippen molar-refractivity contribution in [3.63, 3.8) is 0 Å². The van der Waals surface area contributed by atoms with Gasteiger partial charge >= 0.3 is 0 Å². The van der Waals surface area contributed by atoms with Gasteiger partial charge < -0.3 is 12.4 Å². The van der Waals surface area contributed by atoms with Crippen LogP contribution in [0.2, 0.25) is 0 Å². The van der Waals surface area contributed by atoms with Crippen LogP contribution in [0.5, 0.6) is 0 Å². The lowest BCUT2D eigenvalue weighted by Crippen LogP contribution is -3.00. The van der Waals surface area contributed by atoms with Gasteiger partial charge in [-0.05, 0) is 86.6 Å². The van der Waals surface area contributed by atoms with Crippen molar-refractivity contribution in [2.75, 3.05) is 0 Å². The lowest BCUT2D eigenvalue weighted by Gasteiger charge is -2.34. The summed E-state index contributed by atoms with van der Waals surface area (Å²) in [6.45, 7) is 9.59. The first kappa shape index (κ1) is 25.5. The average Bonchev–Trinajstić information content (AvgIpc) is 2.81. The molecule has 1 aliphatic rings. The second-order valence-corrected chi connectivity index (χ2v) is 13.6. The Kier molecular flexibility index (Phi) is 8.38. The Bertz CT molecular complexity index is 985. The summed E-state index contributed by atoms with van der Waals surface area (Å²) in [5.41, 5.74) is 3.75. The van der Waals surface area contributed by atoms with Crippen LogP contribution in [0.4, 0.5) is 0 Å². The highest BCUT2D eigenvalue weighted by Gasteiger charge is 2.49. The molecule has 0 aliphatic heterocycles. The van der Waals surface area contributed by atoms with Crippen LogP contribution in [0.25, 0.3) is 0 Å². The molecule has 0 saturated heterocycles. The third-order valence-electron chi connectivity index (χ3n) is 7.19. The molecular weight excluding hydrogens is 439 g/mol. The Morgan fingerprint density at radius 1 is 0.758 bits per heavy atom. The first-order valence-electron chi connectivity index (χ1n) is 11.9. The normalized spacial score (nSPS) is 17.0. The molecule has 0 amide bonds. The van der Waals surface area contributed by atoms with E-state index in [1.807, 2.05) is 0 Å². The molecule has 0 heterocycles. The standard InChI is InChI=1S/C31H36P.ClH/c1-25-15-14-24-31(3,4)30(25)23-22-26(2)32(27-16-8-5-9-17-27,28-18-10-6-11-19-28)29-20-12-7-13-21-29;/h5-13,16-23,26H,14-15,24H2,1-4H3;1H/q+1;/p-1. The van der Waals surface area contributed by atoms with Gasteiger partial charge in [0.1, 0.15) is 23.2 Å². The van der Waals surface area contributed by atoms with Gasteiger partial charge in [-0.2, -0.15) is 0 Å². The number of hydrogen-bond acceptors (Lipinski definition) is 0. The van der Waals surface area contributed by atoms with Crippen LogP contribution in [-0.4, -0.2) is 5.66 Å². The van der Waals surface area contributed by atoms with E-state index >= 15 is 0 Å². The minimum atomic E-state index is -1.88. The highest BCUT2D eigenvalue weighted by Crippen LogP contribution is 2.60. The van der Waals surface area contributed by atoms with E-state index in [4.69, 9.17) is 0 Å². The maximum absolute atomic E-state index is 2.52.